The summed E-state index contributed by atoms with van der Waals surface area (Å²) in [5, 5.41) is 6.06. The standard InChI is InChI=1S/C24H30N2O2/c1-18(23(27)26-21-16-10-2-3-11-17-21)25-24(28)22(19-12-6-4-7-13-19)20-14-8-5-9-15-20/h4-9,12-15,18,21-22H,2-3,10-11,16-17H2,1H3,(H,25,28)(H,26,27)/t18-/m0/s1. The molecule has 1 fully saturated rings. The molecule has 1 atom stereocenters. The summed E-state index contributed by atoms with van der Waals surface area (Å²) in [6.07, 6.45) is 6.88. The van der Waals surface area contributed by atoms with E-state index in [2.05, 4.69) is 10.6 Å². The number of benzene rings is 2. The highest BCUT2D eigenvalue weighted by Gasteiger charge is 2.26. The Labute approximate surface area is 167 Å². The van der Waals surface area contributed by atoms with Crippen LogP contribution in [0.1, 0.15) is 62.5 Å². The van der Waals surface area contributed by atoms with Gasteiger partial charge in [-0.2, -0.15) is 0 Å². The van der Waals surface area contributed by atoms with E-state index in [4.69, 9.17) is 0 Å². The van der Waals surface area contributed by atoms with E-state index in [1.807, 2.05) is 60.7 Å². The molecule has 2 N–H and O–H groups in total. The van der Waals surface area contributed by atoms with E-state index in [9.17, 15) is 9.59 Å². The van der Waals surface area contributed by atoms with Crippen molar-refractivity contribution in [3.8, 4) is 0 Å². The summed E-state index contributed by atoms with van der Waals surface area (Å²) in [6.45, 7) is 1.76. The Morgan fingerprint density at radius 1 is 0.786 bits per heavy atom. The Balaban J connectivity index is 1.68. The lowest BCUT2D eigenvalue weighted by Gasteiger charge is -2.23. The Hall–Kier alpha value is -2.62. The van der Waals surface area contributed by atoms with Gasteiger partial charge in [0, 0.05) is 6.04 Å². The van der Waals surface area contributed by atoms with Gasteiger partial charge in [-0.25, -0.2) is 0 Å². The second-order valence-electron chi connectivity index (χ2n) is 7.68. The molecule has 1 aliphatic rings. The van der Waals surface area contributed by atoms with Crippen LogP contribution in [-0.2, 0) is 9.59 Å². The molecule has 0 saturated heterocycles. The van der Waals surface area contributed by atoms with Gasteiger partial charge in [0.1, 0.15) is 6.04 Å². The second kappa shape index (κ2) is 10.1. The fourth-order valence-electron chi connectivity index (χ4n) is 3.90. The van der Waals surface area contributed by atoms with Crippen LogP contribution in [0.2, 0.25) is 0 Å². The smallest absolute Gasteiger partial charge is 0.242 e. The minimum absolute atomic E-state index is 0.0971. The molecule has 3 rings (SSSR count). The number of amides is 2. The van der Waals surface area contributed by atoms with Crippen LogP contribution in [-0.4, -0.2) is 23.9 Å². The van der Waals surface area contributed by atoms with Crippen LogP contribution >= 0.6 is 0 Å². The maximum absolute atomic E-state index is 13.1. The van der Waals surface area contributed by atoms with Crippen molar-refractivity contribution >= 4 is 11.8 Å². The lowest BCUT2D eigenvalue weighted by atomic mass is 9.90. The van der Waals surface area contributed by atoms with Crippen molar-refractivity contribution in [2.75, 3.05) is 0 Å². The van der Waals surface area contributed by atoms with Crippen molar-refractivity contribution in [2.45, 2.75) is 63.5 Å². The van der Waals surface area contributed by atoms with E-state index in [-0.39, 0.29) is 17.9 Å². The Morgan fingerprint density at radius 3 is 1.79 bits per heavy atom. The molecule has 28 heavy (non-hydrogen) atoms. The Morgan fingerprint density at radius 2 is 1.29 bits per heavy atom. The number of carbonyl (C=O) groups is 2. The molecule has 4 heteroatoms. The van der Waals surface area contributed by atoms with E-state index in [1.54, 1.807) is 6.92 Å². The molecular weight excluding hydrogens is 348 g/mol. The molecule has 2 aromatic rings. The maximum Gasteiger partial charge on any atom is 0.242 e. The fourth-order valence-corrected chi connectivity index (χ4v) is 3.90. The molecule has 0 aromatic heterocycles. The summed E-state index contributed by atoms with van der Waals surface area (Å²) in [5.74, 6) is -0.684. The van der Waals surface area contributed by atoms with E-state index in [0.717, 1.165) is 36.8 Å². The zero-order chi connectivity index (χ0) is 19.8. The summed E-state index contributed by atoms with van der Waals surface area (Å²) >= 11 is 0. The molecule has 4 nitrogen and oxygen atoms in total. The highest BCUT2D eigenvalue weighted by Crippen LogP contribution is 2.25. The van der Waals surface area contributed by atoms with Crippen molar-refractivity contribution in [2.24, 2.45) is 0 Å². The molecule has 0 heterocycles. The molecule has 2 aromatic carbocycles. The number of carbonyl (C=O) groups excluding carboxylic acids is 2. The third-order valence-corrected chi connectivity index (χ3v) is 5.48. The Bertz CT molecular complexity index is 713. The highest BCUT2D eigenvalue weighted by molar-refractivity contribution is 5.92. The van der Waals surface area contributed by atoms with E-state index >= 15 is 0 Å². The lowest BCUT2D eigenvalue weighted by molar-refractivity contribution is -0.129. The predicted octanol–water partition coefficient (Wildman–Crippen LogP) is 4.16. The van der Waals surface area contributed by atoms with Crippen molar-refractivity contribution in [3.63, 3.8) is 0 Å². The van der Waals surface area contributed by atoms with Gasteiger partial charge in [-0.05, 0) is 30.9 Å². The minimum atomic E-state index is -0.564. The SMILES string of the molecule is C[C@H](NC(=O)C(c1ccccc1)c1ccccc1)C(=O)NC1CCCCCC1. The monoisotopic (exact) mass is 378 g/mol. The molecule has 0 spiro atoms. The molecule has 0 unspecified atom stereocenters. The molecule has 0 bridgehead atoms. The molecule has 0 radical (unpaired) electrons. The van der Waals surface area contributed by atoms with Gasteiger partial charge in [-0.1, -0.05) is 86.3 Å². The molecule has 148 valence electrons. The second-order valence-corrected chi connectivity index (χ2v) is 7.68. The normalized spacial score (nSPS) is 16.2. The summed E-state index contributed by atoms with van der Waals surface area (Å²) in [4.78, 5) is 25.7. The van der Waals surface area contributed by atoms with Gasteiger partial charge in [0.2, 0.25) is 11.8 Å². The maximum atomic E-state index is 13.1. The van der Waals surface area contributed by atoms with Gasteiger partial charge >= 0.3 is 0 Å². The van der Waals surface area contributed by atoms with Gasteiger partial charge < -0.3 is 10.6 Å². The van der Waals surface area contributed by atoms with Crippen molar-refractivity contribution in [1.29, 1.82) is 0 Å². The number of hydrogen-bond donors (Lipinski definition) is 2. The largest absolute Gasteiger partial charge is 0.352 e. The molecule has 1 aliphatic carbocycles. The summed E-state index contributed by atoms with van der Waals surface area (Å²) in [5.41, 5.74) is 1.84. The van der Waals surface area contributed by atoms with Gasteiger partial charge in [-0.15, -0.1) is 0 Å². The van der Waals surface area contributed by atoms with Crippen molar-refractivity contribution in [3.05, 3.63) is 71.8 Å². The first kappa shape index (κ1) is 20.1. The van der Waals surface area contributed by atoms with E-state index < -0.39 is 12.0 Å². The Kier molecular flexibility index (Phi) is 7.24. The van der Waals surface area contributed by atoms with Gasteiger partial charge in [0.25, 0.3) is 0 Å². The van der Waals surface area contributed by atoms with Crippen LogP contribution in [0.5, 0.6) is 0 Å². The quantitative estimate of drug-likeness (QED) is 0.742. The minimum Gasteiger partial charge on any atom is -0.352 e. The van der Waals surface area contributed by atoms with Crippen LogP contribution in [0.4, 0.5) is 0 Å². The fraction of sp³-hybridized carbons (Fsp3) is 0.417. The highest BCUT2D eigenvalue weighted by atomic mass is 16.2. The number of rotatable bonds is 6. The third kappa shape index (κ3) is 5.44. The average Bonchev–Trinajstić information content (AvgIpc) is 2.98. The van der Waals surface area contributed by atoms with E-state index in [0.29, 0.717) is 0 Å². The van der Waals surface area contributed by atoms with Crippen LogP contribution in [0.25, 0.3) is 0 Å². The van der Waals surface area contributed by atoms with Crippen molar-refractivity contribution < 1.29 is 9.59 Å². The predicted molar refractivity (Wildman–Crippen MR) is 112 cm³/mol. The van der Waals surface area contributed by atoms with Gasteiger partial charge in [-0.3, -0.25) is 9.59 Å². The summed E-state index contributed by atoms with van der Waals surface area (Å²) in [6, 6.07) is 19.1. The van der Waals surface area contributed by atoms with Crippen molar-refractivity contribution in [1.82, 2.24) is 10.6 Å². The molecule has 1 saturated carbocycles. The first-order chi connectivity index (χ1) is 13.6. The summed E-state index contributed by atoms with van der Waals surface area (Å²) in [7, 11) is 0. The van der Waals surface area contributed by atoms with Gasteiger partial charge in [0.05, 0.1) is 5.92 Å². The van der Waals surface area contributed by atoms with Crippen LogP contribution in [0.15, 0.2) is 60.7 Å². The molecule has 0 aliphatic heterocycles. The zero-order valence-corrected chi connectivity index (χ0v) is 16.6. The average molecular weight is 379 g/mol. The zero-order valence-electron chi connectivity index (χ0n) is 16.6. The van der Waals surface area contributed by atoms with Crippen LogP contribution < -0.4 is 10.6 Å². The van der Waals surface area contributed by atoms with Crippen LogP contribution in [0.3, 0.4) is 0 Å². The first-order valence-corrected chi connectivity index (χ1v) is 10.4. The molecule has 2 amide bonds. The number of hydrogen-bond acceptors (Lipinski definition) is 2. The topological polar surface area (TPSA) is 58.2 Å². The molecular formula is C24H30N2O2. The third-order valence-electron chi connectivity index (χ3n) is 5.48. The summed E-state index contributed by atoms with van der Waals surface area (Å²) < 4.78 is 0. The van der Waals surface area contributed by atoms with Crippen LogP contribution in [0, 0.1) is 0 Å². The number of nitrogens with one attached hydrogen (secondary N) is 2. The van der Waals surface area contributed by atoms with E-state index in [1.165, 1.54) is 12.8 Å². The van der Waals surface area contributed by atoms with Gasteiger partial charge in [0.15, 0.2) is 0 Å². The first-order valence-electron chi connectivity index (χ1n) is 10.4. The lowest BCUT2D eigenvalue weighted by Crippen LogP contribution is -2.49.